The number of ether oxygens (including phenoxy) is 1. The molecule has 2 aliphatic rings. The van der Waals surface area contributed by atoms with Crippen molar-refractivity contribution >= 4 is 23.3 Å². The standard InChI is InChI=1S/C16H15NO5/c1-8(18)9-2-4-10(5-3-9)17-15(19)13-11-6-7-12(22-11)14(13)16(20)21/h2-7,11-14H,1H3,(H,17,19)(H,20,21)/p-1/t11-,12+,13-,14-/m0/s1. The van der Waals surface area contributed by atoms with Gasteiger partial charge in [0.05, 0.1) is 18.1 Å². The molecule has 1 amide bonds. The normalized spacial score (nSPS) is 28.6. The van der Waals surface area contributed by atoms with Gasteiger partial charge in [0.1, 0.15) is 0 Å². The van der Waals surface area contributed by atoms with Crippen LogP contribution in [0.2, 0.25) is 0 Å². The zero-order chi connectivity index (χ0) is 15.9. The Hall–Kier alpha value is -2.47. The molecular formula is C16H14NO5-. The molecule has 0 aromatic heterocycles. The molecule has 1 saturated heterocycles. The average Bonchev–Trinajstić information content (AvgIpc) is 3.08. The lowest BCUT2D eigenvalue weighted by Crippen LogP contribution is -2.45. The lowest BCUT2D eigenvalue weighted by Gasteiger charge is -2.24. The van der Waals surface area contributed by atoms with Crippen molar-refractivity contribution < 1.29 is 24.2 Å². The van der Waals surface area contributed by atoms with Gasteiger partial charge < -0.3 is 20.0 Å². The van der Waals surface area contributed by atoms with Gasteiger partial charge in [0.15, 0.2) is 5.78 Å². The predicted octanol–water partition coefficient (Wildman–Crippen LogP) is 0.147. The molecule has 1 fully saturated rings. The summed E-state index contributed by atoms with van der Waals surface area (Å²) >= 11 is 0. The number of carboxylic acids is 1. The van der Waals surface area contributed by atoms with E-state index in [0.29, 0.717) is 11.3 Å². The van der Waals surface area contributed by atoms with Crippen LogP contribution >= 0.6 is 0 Å². The lowest BCUT2D eigenvalue weighted by molar-refractivity contribution is -0.313. The summed E-state index contributed by atoms with van der Waals surface area (Å²) in [4.78, 5) is 34.8. The molecular weight excluding hydrogens is 286 g/mol. The molecule has 0 aliphatic carbocycles. The maximum absolute atomic E-state index is 12.4. The summed E-state index contributed by atoms with van der Waals surface area (Å²) in [6.07, 6.45) is 2.21. The number of carboxylic acid groups (broad SMARTS) is 1. The van der Waals surface area contributed by atoms with Gasteiger partial charge in [-0.25, -0.2) is 0 Å². The first-order valence-corrected chi connectivity index (χ1v) is 6.94. The fraction of sp³-hybridized carbons (Fsp3) is 0.312. The number of benzene rings is 1. The van der Waals surface area contributed by atoms with E-state index < -0.39 is 35.9 Å². The summed E-state index contributed by atoms with van der Waals surface area (Å²) in [5.74, 6) is -3.58. The largest absolute Gasteiger partial charge is 0.550 e. The highest BCUT2D eigenvalue weighted by Gasteiger charge is 2.50. The summed E-state index contributed by atoms with van der Waals surface area (Å²) in [5.41, 5.74) is 1.04. The molecule has 2 aliphatic heterocycles. The third-order valence-corrected chi connectivity index (χ3v) is 4.03. The fourth-order valence-electron chi connectivity index (χ4n) is 2.92. The molecule has 1 N–H and O–H groups in total. The van der Waals surface area contributed by atoms with Crippen LogP contribution in [-0.2, 0) is 14.3 Å². The van der Waals surface area contributed by atoms with E-state index in [1.165, 1.54) is 6.92 Å². The van der Waals surface area contributed by atoms with Crippen LogP contribution in [0.5, 0.6) is 0 Å². The second kappa shape index (κ2) is 5.38. The molecule has 2 bridgehead atoms. The Labute approximate surface area is 126 Å². The van der Waals surface area contributed by atoms with Crippen LogP contribution in [0, 0.1) is 11.8 Å². The highest BCUT2D eigenvalue weighted by molar-refractivity contribution is 5.98. The zero-order valence-corrected chi connectivity index (χ0v) is 11.8. The SMILES string of the molecule is CC(=O)c1ccc(NC(=O)[C@@H]2[C@@H](C(=O)[O-])[C@H]3C=C[C@@H]2O3)cc1. The van der Waals surface area contributed by atoms with Crippen LogP contribution in [0.25, 0.3) is 0 Å². The van der Waals surface area contributed by atoms with Crippen LogP contribution in [0.15, 0.2) is 36.4 Å². The van der Waals surface area contributed by atoms with Crippen molar-refractivity contribution in [1.82, 2.24) is 0 Å². The Balaban J connectivity index is 1.75. The number of amides is 1. The van der Waals surface area contributed by atoms with E-state index in [-0.39, 0.29) is 5.78 Å². The predicted molar refractivity (Wildman–Crippen MR) is 74.9 cm³/mol. The van der Waals surface area contributed by atoms with Crippen molar-refractivity contribution in [2.75, 3.05) is 5.32 Å². The summed E-state index contributed by atoms with van der Waals surface area (Å²) in [7, 11) is 0. The number of Topliss-reactive ketones (excluding diaryl/α,β-unsaturated/α-hetero) is 1. The number of anilines is 1. The van der Waals surface area contributed by atoms with Crippen LogP contribution in [-0.4, -0.2) is 29.9 Å². The number of ketones is 1. The van der Waals surface area contributed by atoms with Crippen molar-refractivity contribution in [3.05, 3.63) is 42.0 Å². The topological polar surface area (TPSA) is 95.5 Å². The quantitative estimate of drug-likeness (QED) is 0.630. The highest BCUT2D eigenvalue weighted by Crippen LogP contribution is 2.39. The molecule has 6 nitrogen and oxygen atoms in total. The van der Waals surface area contributed by atoms with Crippen molar-refractivity contribution in [1.29, 1.82) is 0 Å². The second-order valence-electron chi connectivity index (χ2n) is 5.44. The van der Waals surface area contributed by atoms with E-state index in [2.05, 4.69) is 5.32 Å². The van der Waals surface area contributed by atoms with Crippen LogP contribution < -0.4 is 10.4 Å². The maximum Gasteiger partial charge on any atom is 0.231 e. The first-order chi connectivity index (χ1) is 10.5. The number of hydrogen-bond donors (Lipinski definition) is 1. The Morgan fingerprint density at radius 2 is 1.64 bits per heavy atom. The van der Waals surface area contributed by atoms with Gasteiger partial charge >= 0.3 is 0 Å². The van der Waals surface area contributed by atoms with Crippen molar-refractivity contribution in [2.24, 2.45) is 11.8 Å². The molecule has 0 radical (unpaired) electrons. The van der Waals surface area contributed by atoms with Gasteiger partial charge in [-0.05, 0) is 31.2 Å². The van der Waals surface area contributed by atoms with Gasteiger partial charge in [0.25, 0.3) is 0 Å². The third-order valence-electron chi connectivity index (χ3n) is 4.03. The van der Waals surface area contributed by atoms with Gasteiger partial charge in [-0.3, -0.25) is 9.59 Å². The molecule has 4 atom stereocenters. The molecule has 0 unspecified atom stereocenters. The first kappa shape index (κ1) is 14.5. The Morgan fingerprint density at radius 3 is 2.18 bits per heavy atom. The Kier molecular flexibility index (Phi) is 3.54. The maximum atomic E-state index is 12.4. The minimum absolute atomic E-state index is 0.0680. The lowest BCUT2D eigenvalue weighted by atomic mass is 9.82. The van der Waals surface area contributed by atoms with Crippen molar-refractivity contribution in [3.63, 3.8) is 0 Å². The second-order valence-corrected chi connectivity index (χ2v) is 5.44. The number of rotatable bonds is 4. The zero-order valence-electron chi connectivity index (χ0n) is 11.8. The summed E-state index contributed by atoms with van der Waals surface area (Å²) < 4.78 is 5.43. The summed E-state index contributed by atoms with van der Waals surface area (Å²) in [5, 5.41) is 13.9. The van der Waals surface area contributed by atoms with Gasteiger partial charge in [-0.15, -0.1) is 0 Å². The number of hydrogen-bond acceptors (Lipinski definition) is 5. The molecule has 1 aromatic carbocycles. The average molecular weight is 300 g/mol. The van der Waals surface area contributed by atoms with E-state index in [9.17, 15) is 19.5 Å². The fourth-order valence-corrected chi connectivity index (χ4v) is 2.92. The first-order valence-electron chi connectivity index (χ1n) is 6.94. The summed E-state index contributed by atoms with van der Waals surface area (Å²) in [6, 6.07) is 6.41. The smallest absolute Gasteiger partial charge is 0.231 e. The van der Waals surface area contributed by atoms with Gasteiger partial charge in [0, 0.05) is 23.1 Å². The van der Waals surface area contributed by atoms with E-state index in [0.717, 1.165) is 0 Å². The molecule has 3 rings (SSSR count). The van der Waals surface area contributed by atoms with Gasteiger partial charge in [-0.2, -0.15) is 0 Å². The van der Waals surface area contributed by atoms with Crippen LogP contribution in [0.4, 0.5) is 5.69 Å². The third kappa shape index (κ3) is 2.42. The molecule has 0 saturated carbocycles. The summed E-state index contributed by atoms with van der Waals surface area (Å²) in [6.45, 7) is 1.46. The number of fused-ring (bicyclic) bond motifs is 2. The molecule has 0 spiro atoms. The number of aliphatic carboxylic acids is 1. The monoisotopic (exact) mass is 300 g/mol. The van der Waals surface area contributed by atoms with E-state index >= 15 is 0 Å². The Bertz CT molecular complexity index is 664. The van der Waals surface area contributed by atoms with Gasteiger partial charge in [-0.1, -0.05) is 12.2 Å². The molecule has 2 heterocycles. The van der Waals surface area contributed by atoms with Crippen LogP contribution in [0.1, 0.15) is 17.3 Å². The molecule has 22 heavy (non-hydrogen) atoms. The molecule has 114 valence electrons. The van der Waals surface area contributed by atoms with E-state index in [4.69, 9.17) is 4.74 Å². The van der Waals surface area contributed by atoms with E-state index in [1.54, 1.807) is 36.4 Å². The Morgan fingerprint density at radius 1 is 1.05 bits per heavy atom. The van der Waals surface area contributed by atoms with E-state index in [1.807, 2.05) is 0 Å². The van der Waals surface area contributed by atoms with Crippen molar-refractivity contribution in [3.8, 4) is 0 Å². The number of carbonyl (C=O) groups is 3. The minimum Gasteiger partial charge on any atom is -0.550 e. The number of carbonyl (C=O) groups excluding carboxylic acids is 3. The number of nitrogens with one attached hydrogen (secondary N) is 1. The van der Waals surface area contributed by atoms with Crippen molar-refractivity contribution in [2.45, 2.75) is 19.1 Å². The minimum atomic E-state index is -1.29. The molecule has 6 heteroatoms. The van der Waals surface area contributed by atoms with Gasteiger partial charge in [0.2, 0.25) is 5.91 Å². The highest BCUT2D eigenvalue weighted by atomic mass is 16.5. The molecule has 1 aromatic rings. The van der Waals surface area contributed by atoms with Crippen LogP contribution in [0.3, 0.4) is 0 Å².